The molecule has 0 bridgehead atoms. The topological polar surface area (TPSA) is 53.5 Å². The first-order chi connectivity index (χ1) is 8.15. The molecule has 0 amide bonds. The minimum Gasteiger partial charge on any atom is -0.480 e. The molecule has 1 heterocycles. The molecule has 92 valence electrons. The number of aromatic nitrogens is 2. The highest BCUT2D eigenvalue weighted by atomic mass is 127. The largest absolute Gasteiger partial charge is 0.480 e. The molecule has 1 rings (SSSR count). The zero-order valence-electron chi connectivity index (χ0n) is 9.56. The molecule has 0 saturated carbocycles. The highest BCUT2D eigenvalue weighted by molar-refractivity contribution is 14.1. The van der Waals surface area contributed by atoms with E-state index in [4.69, 9.17) is 20.6 Å². The molecular formula is C10H11IN2O3S. The van der Waals surface area contributed by atoms with Crippen LogP contribution in [0.3, 0.4) is 0 Å². The van der Waals surface area contributed by atoms with Crippen molar-refractivity contribution >= 4 is 34.4 Å². The van der Waals surface area contributed by atoms with Gasteiger partial charge in [0.25, 0.3) is 0 Å². The molecule has 1 unspecified atom stereocenters. The smallest absolute Gasteiger partial charge is 0.322 e. The Bertz CT molecular complexity index is 436. The zero-order valence-corrected chi connectivity index (χ0v) is 12.5. The van der Waals surface area contributed by atoms with Crippen LogP contribution in [0.4, 0.5) is 0 Å². The van der Waals surface area contributed by atoms with Gasteiger partial charge in [-0.2, -0.15) is 9.97 Å². The number of nitrogens with zero attached hydrogens (tertiary/aromatic N) is 2. The Labute approximate surface area is 118 Å². The van der Waals surface area contributed by atoms with E-state index in [1.54, 1.807) is 0 Å². The van der Waals surface area contributed by atoms with Crippen LogP contribution in [-0.4, -0.2) is 34.6 Å². The van der Waals surface area contributed by atoms with Crippen LogP contribution in [0.25, 0.3) is 0 Å². The molecule has 7 heteroatoms. The summed E-state index contributed by atoms with van der Waals surface area (Å²) < 4.78 is 15.2. The summed E-state index contributed by atoms with van der Waals surface area (Å²) in [6, 6.07) is 0.176. The van der Waals surface area contributed by atoms with E-state index in [1.807, 2.05) is 28.8 Å². The molecule has 0 aliphatic carbocycles. The minimum absolute atomic E-state index is 0.176. The highest BCUT2D eigenvalue weighted by Gasteiger charge is 2.18. The van der Waals surface area contributed by atoms with Gasteiger partial charge in [-0.3, -0.25) is 0 Å². The van der Waals surface area contributed by atoms with E-state index in [0.717, 1.165) is 0 Å². The zero-order chi connectivity index (χ0) is 12.8. The van der Waals surface area contributed by atoms with Gasteiger partial charge in [0.05, 0.1) is 14.2 Å². The van der Waals surface area contributed by atoms with E-state index in [-0.39, 0.29) is 6.01 Å². The van der Waals surface area contributed by atoms with Crippen LogP contribution in [-0.2, 0) is 0 Å². The molecule has 1 aromatic heterocycles. The lowest BCUT2D eigenvalue weighted by molar-refractivity contribution is 0.295. The van der Waals surface area contributed by atoms with Crippen molar-refractivity contribution in [3.8, 4) is 30.1 Å². The Hall–Kier alpha value is -0.880. The van der Waals surface area contributed by atoms with Gasteiger partial charge >= 0.3 is 6.01 Å². The number of thioether (sulfide) groups is 1. The number of methoxy groups -OCH3 is 2. The molecule has 0 aliphatic rings. The Morgan fingerprint density at radius 3 is 2.41 bits per heavy atom. The number of terminal acetylenes is 1. The second kappa shape index (κ2) is 6.76. The maximum absolute atomic E-state index is 5.49. The fourth-order valence-corrected chi connectivity index (χ4v) is 1.82. The van der Waals surface area contributed by atoms with Crippen LogP contribution in [0.15, 0.2) is 4.90 Å². The first-order valence-corrected chi connectivity index (χ1v) is 6.94. The number of hydrogen-bond acceptors (Lipinski definition) is 6. The predicted molar refractivity (Wildman–Crippen MR) is 74.2 cm³/mol. The summed E-state index contributed by atoms with van der Waals surface area (Å²) in [6.45, 7) is 0. The summed E-state index contributed by atoms with van der Waals surface area (Å²) >= 11 is 3.40. The van der Waals surface area contributed by atoms with Crippen molar-refractivity contribution in [3.63, 3.8) is 0 Å². The molecule has 5 nitrogen and oxygen atoms in total. The van der Waals surface area contributed by atoms with Gasteiger partial charge in [-0.25, -0.2) is 0 Å². The Kier molecular flexibility index (Phi) is 5.64. The van der Waals surface area contributed by atoms with Gasteiger partial charge in [-0.05, 0) is 28.8 Å². The first kappa shape index (κ1) is 14.2. The number of ether oxygens (including phenoxy) is 3. The third kappa shape index (κ3) is 3.54. The van der Waals surface area contributed by atoms with Crippen LogP contribution in [0.2, 0.25) is 0 Å². The Morgan fingerprint density at radius 1 is 1.29 bits per heavy atom. The lowest BCUT2D eigenvalue weighted by Gasteiger charge is -2.13. The van der Waals surface area contributed by atoms with Gasteiger partial charge in [0.15, 0.2) is 0 Å². The van der Waals surface area contributed by atoms with Gasteiger partial charge in [0.1, 0.15) is 4.90 Å². The molecule has 1 aromatic rings. The van der Waals surface area contributed by atoms with Gasteiger partial charge in [-0.1, -0.05) is 5.92 Å². The van der Waals surface area contributed by atoms with Crippen molar-refractivity contribution in [3.05, 3.63) is 0 Å². The number of halogens is 1. The van der Waals surface area contributed by atoms with Crippen molar-refractivity contribution in [2.75, 3.05) is 20.5 Å². The maximum atomic E-state index is 5.49. The third-order valence-corrected chi connectivity index (χ3v) is 3.08. The molecule has 0 N–H and O–H groups in total. The van der Waals surface area contributed by atoms with Crippen LogP contribution in [0, 0.1) is 12.3 Å². The van der Waals surface area contributed by atoms with Gasteiger partial charge < -0.3 is 14.2 Å². The number of hydrogen-bond donors (Lipinski definition) is 0. The van der Waals surface area contributed by atoms with Crippen molar-refractivity contribution < 1.29 is 14.2 Å². The van der Waals surface area contributed by atoms with E-state index in [1.165, 1.54) is 26.0 Å². The van der Waals surface area contributed by atoms with Crippen LogP contribution < -0.4 is 14.2 Å². The van der Waals surface area contributed by atoms with Crippen molar-refractivity contribution in [1.29, 1.82) is 0 Å². The fourth-order valence-electron chi connectivity index (χ4n) is 1.01. The second-order valence-corrected chi connectivity index (χ2v) is 4.61. The molecule has 0 spiro atoms. The molecule has 0 aromatic carbocycles. The van der Waals surface area contributed by atoms with E-state index in [9.17, 15) is 0 Å². The predicted octanol–water partition coefficient (Wildman–Crippen LogP) is 1.99. The quantitative estimate of drug-likeness (QED) is 0.344. The summed E-state index contributed by atoms with van der Waals surface area (Å²) in [6.07, 6.45) is 7.13. The third-order valence-electron chi connectivity index (χ3n) is 1.71. The normalized spacial score (nSPS) is 11.5. The average molecular weight is 366 g/mol. The maximum Gasteiger partial charge on any atom is 0.322 e. The van der Waals surface area contributed by atoms with Gasteiger partial charge in [0, 0.05) is 0 Å². The van der Waals surface area contributed by atoms with Crippen LogP contribution in [0.1, 0.15) is 0 Å². The summed E-state index contributed by atoms with van der Waals surface area (Å²) in [5.74, 6) is 3.22. The molecule has 0 saturated heterocycles. The minimum atomic E-state index is -0.414. The number of alkyl halides is 1. The second-order valence-electron chi connectivity index (χ2n) is 2.66. The molecule has 17 heavy (non-hydrogen) atoms. The highest BCUT2D eigenvalue weighted by Crippen LogP contribution is 2.35. The SMILES string of the molecule is C#CC(I)Oc1nc(OC)nc(OC)c1SC. The Morgan fingerprint density at radius 2 is 1.94 bits per heavy atom. The fraction of sp³-hybridized carbons (Fsp3) is 0.400. The summed E-state index contributed by atoms with van der Waals surface area (Å²) in [7, 11) is 2.99. The summed E-state index contributed by atoms with van der Waals surface area (Å²) in [4.78, 5) is 8.85. The molecule has 0 aliphatic heterocycles. The molecule has 1 atom stereocenters. The Balaban J connectivity index is 3.20. The lowest BCUT2D eigenvalue weighted by Crippen LogP contribution is -2.09. The van der Waals surface area contributed by atoms with Crippen LogP contribution >= 0.6 is 34.4 Å². The monoisotopic (exact) mass is 366 g/mol. The standard InChI is InChI=1S/C10H11IN2O3S/c1-5-6(11)16-9-7(17-4)8(14-2)12-10(13-9)15-3/h1,6H,2-4H3. The molecule has 0 fully saturated rings. The van der Waals surface area contributed by atoms with Gasteiger partial charge in [0.2, 0.25) is 15.9 Å². The average Bonchev–Trinajstić information content (AvgIpc) is 2.37. The molecular weight excluding hydrogens is 355 g/mol. The van der Waals surface area contributed by atoms with E-state index in [2.05, 4.69) is 15.9 Å². The van der Waals surface area contributed by atoms with Crippen molar-refractivity contribution in [2.24, 2.45) is 0 Å². The summed E-state index contributed by atoms with van der Waals surface area (Å²) in [5, 5.41) is 0. The van der Waals surface area contributed by atoms with Gasteiger partial charge in [-0.15, -0.1) is 18.2 Å². The van der Waals surface area contributed by atoms with E-state index in [0.29, 0.717) is 16.7 Å². The van der Waals surface area contributed by atoms with E-state index >= 15 is 0 Å². The number of rotatable bonds is 5. The summed E-state index contributed by atoms with van der Waals surface area (Å²) in [5.41, 5.74) is 0. The lowest BCUT2D eigenvalue weighted by atomic mass is 10.6. The van der Waals surface area contributed by atoms with Crippen molar-refractivity contribution in [2.45, 2.75) is 9.01 Å². The first-order valence-electron chi connectivity index (χ1n) is 4.47. The van der Waals surface area contributed by atoms with Crippen molar-refractivity contribution in [1.82, 2.24) is 9.97 Å². The van der Waals surface area contributed by atoms with Crippen LogP contribution in [0.5, 0.6) is 17.8 Å². The van der Waals surface area contributed by atoms with E-state index < -0.39 is 4.11 Å². The molecule has 0 radical (unpaired) electrons.